The maximum absolute atomic E-state index is 12.9. The number of rotatable bonds is 8. The molecule has 0 aliphatic carbocycles. The Kier molecular flexibility index (Phi) is 7.81. The van der Waals surface area contributed by atoms with Gasteiger partial charge in [-0.1, -0.05) is 49.4 Å². The lowest BCUT2D eigenvalue weighted by Gasteiger charge is -2.23. The number of esters is 1. The summed E-state index contributed by atoms with van der Waals surface area (Å²) < 4.78 is 11.3. The maximum Gasteiger partial charge on any atom is 0.347 e. The van der Waals surface area contributed by atoms with Crippen molar-refractivity contribution in [2.45, 2.75) is 63.3 Å². The van der Waals surface area contributed by atoms with Crippen LogP contribution < -0.4 is 10.1 Å². The number of nitrogens with one attached hydrogen (secondary N) is 1. The van der Waals surface area contributed by atoms with Crippen molar-refractivity contribution in [3.8, 4) is 11.8 Å². The van der Waals surface area contributed by atoms with Crippen molar-refractivity contribution in [3.05, 3.63) is 65.7 Å². The zero-order valence-electron chi connectivity index (χ0n) is 19.5. The molecule has 0 radical (unpaired) electrons. The van der Waals surface area contributed by atoms with Crippen molar-refractivity contribution in [1.29, 1.82) is 5.26 Å². The summed E-state index contributed by atoms with van der Waals surface area (Å²) in [6.07, 6.45) is 2.19. The van der Waals surface area contributed by atoms with Crippen LogP contribution >= 0.6 is 0 Å². The van der Waals surface area contributed by atoms with Gasteiger partial charge in [0.05, 0.1) is 12.1 Å². The summed E-state index contributed by atoms with van der Waals surface area (Å²) in [5.41, 5.74) is 2.05. The summed E-state index contributed by atoms with van der Waals surface area (Å²) in [6.45, 7) is 3.49. The van der Waals surface area contributed by atoms with Crippen LogP contribution in [0.1, 0.15) is 49.7 Å². The van der Waals surface area contributed by atoms with Gasteiger partial charge in [-0.15, -0.1) is 0 Å². The molecule has 2 aromatic rings. The van der Waals surface area contributed by atoms with Crippen LogP contribution in [0.5, 0.6) is 5.75 Å². The average Bonchev–Trinajstić information content (AvgIpc) is 3.56. The first-order chi connectivity index (χ1) is 16.6. The number of carbonyl (C=O) groups is 2. The van der Waals surface area contributed by atoms with E-state index < -0.39 is 6.10 Å². The quantitative estimate of drug-likeness (QED) is 0.605. The number of nitrogens with zero attached hydrogens (tertiary/aromatic N) is 2. The minimum Gasteiger partial charge on any atom is -0.479 e. The van der Waals surface area contributed by atoms with Gasteiger partial charge in [-0.3, -0.25) is 4.79 Å². The average molecular weight is 462 g/mol. The van der Waals surface area contributed by atoms with Gasteiger partial charge >= 0.3 is 5.97 Å². The third kappa shape index (κ3) is 5.57. The van der Waals surface area contributed by atoms with E-state index in [-0.39, 0.29) is 36.5 Å². The van der Waals surface area contributed by atoms with E-state index in [1.54, 1.807) is 4.90 Å². The van der Waals surface area contributed by atoms with Crippen LogP contribution in [0.15, 0.2) is 54.6 Å². The lowest BCUT2D eigenvalue weighted by molar-refractivity contribution is -0.153. The number of amides is 1. The zero-order chi connectivity index (χ0) is 23.9. The standard InChI is InChI=1S/C27H31N3O4/c1-2-25(27(32)33-18-19-7-4-3-5-8-19)34-23-12-10-20(11-13-23)21-15-24(29-17-21)26(31)30-14-6-9-22(30)16-28/h3-5,7-8,10-13,21-22,24-25,29H,2,6,9,14-15,17-18H2,1H3/t21-,22-,24-,25?/m0/s1. The number of hydrogen-bond acceptors (Lipinski definition) is 6. The maximum atomic E-state index is 12.9. The molecule has 2 saturated heterocycles. The normalized spacial score (nSPS) is 22.7. The topological polar surface area (TPSA) is 91.7 Å². The van der Waals surface area contributed by atoms with Crippen LogP contribution in [0.4, 0.5) is 0 Å². The second-order valence-electron chi connectivity index (χ2n) is 8.89. The molecule has 7 heteroatoms. The molecule has 0 saturated carbocycles. The molecule has 2 fully saturated rings. The first kappa shape index (κ1) is 23.8. The van der Waals surface area contributed by atoms with E-state index in [0.717, 1.165) is 24.0 Å². The molecule has 0 spiro atoms. The van der Waals surface area contributed by atoms with Gasteiger partial charge in [0.2, 0.25) is 5.91 Å². The van der Waals surface area contributed by atoms with Crippen LogP contribution in [0.2, 0.25) is 0 Å². The summed E-state index contributed by atoms with van der Waals surface area (Å²) in [6, 6.07) is 19.0. The molecule has 2 aromatic carbocycles. The van der Waals surface area contributed by atoms with E-state index in [2.05, 4.69) is 11.4 Å². The van der Waals surface area contributed by atoms with Gasteiger partial charge in [0.1, 0.15) is 18.4 Å². The lowest BCUT2D eigenvalue weighted by atomic mass is 9.96. The SMILES string of the molecule is CCC(Oc1ccc([C@@H]2CN[C@H](C(=O)N3CCC[C@H]3C#N)C2)cc1)C(=O)OCc1ccccc1. The van der Waals surface area contributed by atoms with Gasteiger partial charge in [-0.2, -0.15) is 5.26 Å². The molecule has 34 heavy (non-hydrogen) atoms. The van der Waals surface area contributed by atoms with Gasteiger partial charge < -0.3 is 19.7 Å². The van der Waals surface area contributed by atoms with Gasteiger partial charge in [-0.05, 0) is 54.9 Å². The van der Waals surface area contributed by atoms with Crippen molar-refractivity contribution in [2.75, 3.05) is 13.1 Å². The molecule has 1 N–H and O–H groups in total. The molecule has 1 amide bonds. The molecule has 0 bridgehead atoms. The molecule has 2 heterocycles. The van der Waals surface area contributed by atoms with Crippen molar-refractivity contribution >= 4 is 11.9 Å². The molecule has 4 atom stereocenters. The Bertz CT molecular complexity index is 1020. The molecular formula is C27H31N3O4. The van der Waals surface area contributed by atoms with Gasteiger partial charge in [0, 0.05) is 13.1 Å². The van der Waals surface area contributed by atoms with Crippen LogP contribution in [-0.4, -0.2) is 48.1 Å². The van der Waals surface area contributed by atoms with Crippen LogP contribution in [0, 0.1) is 11.3 Å². The Morgan fingerprint density at radius 1 is 1.18 bits per heavy atom. The Balaban J connectivity index is 1.30. The van der Waals surface area contributed by atoms with E-state index in [0.29, 0.717) is 31.7 Å². The van der Waals surface area contributed by atoms with Crippen LogP contribution in [-0.2, 0) is 20.9 Å². The summed E-state index contributed by atoms with van der Waals surface area (Å²) in [5.74, 6) is 0.476. The highest BCUT2D eigenvalue weighted by atomic mass is 16.6. The van der Waals surface area contributed by atoms with Gasteiger partial charge in [0.15, 0.2) is 6.10 Å². The number of nitriles is 1. The first-order valence-corrected chi connectivity index (χ1v) is 12.0. The zero-order valence-corrected chi connectivity index (χ0v) is 19.5. The Hall–Kier alpha value is -3.37. The highest BCUT2D eigenvalue weighted by Crippen LogP contribution is 2.29. The van der Waals surface area contributed by atoms with Crippen LogP contribution in [0.3, 0.4) is 0 Å². The molecule has 178 valence electrons. The van der Waals surface area contributed by atoms with E-state index >= 15 is 0 Å². The predicted octanol–water partition coefficient (Wildman–Crippen LogP) is 3.55. The van der Waals surface area contributed by atoms with E-state index in [9.17, 15) is 14.9 Å². The van der Waals surface area contributed by atoms with E-state index in [4.69, 9.17) is 9.47 Å². The summed E-state index contributed by atoms with van der Waals surface area (Å²) >= 11 is 0. The molecule has 2 aliphatic heterocycles. The monoisotopic (exact) mass is 461 g/mol. The third-order valence-corrected chi connectivity index (χ3v) is 6.60. The highest BCUT2D eigenvalue weighted by Gasteiger charge is 2.37. The second-order valence-corrected chi connectivity index (χ2v) is 8.89. The Morgan fingerprint density at radius 2 is 1.94 bits per heavy atom. The molecule has 2 aliphatic rings. The number of ether oxygens (including phenoxy) is 2. The minimum atomic E-state index is -0.668. The Labute approximate surface area is 200 Å². The number of benzene rings is 2. The molecule has 4 rings (SSSR count). The Morgan fingerprint density at radius 3 is 2.65 bits per heavy atom. The number of carbonyl (C=O) groups excluding carboxylic acids is 2. The highest BCUT2D eigenvalue weighted by molar-refractivity contribution is 5.83. The van der Waals surface area contributed by atoms with E-state index in [1.807, 2.05) is 61.5 Å². The molecule has 7 nitrogen and oxygen atoms in total. The fourth-order valence-corrected chi connectivity index (χ4v) is 4.65. The van der Waals surface area contributed by atoms with E-state index in [1.165, 1.54) is 0 Å². The minimum absolute atomic E-state index is 0.0336. The largest absolute Gasteiger partial charge is 0.479 e. The first-order valence-electron chi connectivity index (χ1n) is 12.0. The van der Waals surface area contributed by atoms with Gasteiger partial charge in [0.25, 0.3) is 0 Å². The van der Waals surface area contributed by atoms with Crippen molar-refractivity contribution < 1.29 is 19.1 Å². The summed E-state index contributed by atoms with van der Waals surface area (Å²) in [7, 11) is 0. The van der Waals surface area contributed by atoms with Crippen LogP contribution in [0.25, 0.3) is 0 Å². The van der Waals surface area contributed by atoms with Gasteiger partial charge in [-0.25, -0.2) is 4.79 Å². The second kappa shape index (κ2) is 11.2. The summed E-state index contributed by atoms with van der Waals surface area (Å²) in [5, 5.41) is 12.6. The molecular weight excluding hydrogens is 430 g/mol. The molecule has 0 aromatic heterocycles. The predicted molar refractivity (Wildman–Crippen MR) is 127 cm³/mol. The van der Waals surface area contributed by atoms with Crippen molar-refractivity contribution in [3.63, 3.8) is 0 Å². The smallest absolute Gasteiger partial charge is 0.347 e. The van der Waals surface area contributed by atoms with Crippen molar-refractivity contribution in [2.24, 2.45) is 0 Å². The number of likely N-dealkylation sites (tertiary alicyclic amines) is 1. The lowest BCUT2D eigenvalue weighted by Crippen LogP contribution is -2.45. The summed E-state index contributed by atoms with van der Waals surface area (Å²) in [4.78, 5) is 27.0. The fraction of sp³-hybridized carbons (Fsp3) is 0.444. The fourth-order valence-electron chi connectivity index (χ4n) is 4.65. The number of hydrogen-bond donors (Lipinski definition) is 1. The molecule has 1 unspecified atom stereocenters. The third-order valence-electron chi connectivity index (χ3n) is 6.60. The van der Waals surface area contributed by atoms with Crippen molar-refractivity contribution in [1.82, 2.24) is 10.2 Å².